The van der Waals surface area contributed by atoms with Gasteiger partial charge in [0.25, 0.3) is 5.56 Å². The molecule has 0 spiro atoms. The molecule has 2 aliphatic rings. The van der Waals surface area contributed by atoms with Gasteiger partial charge in [-0.15, -0.1) is 9.24 Å². The third-order valence-corrected chi connectivity index (χ3v) is 18.9. The Morgan fingerprint density at radius 1 is 1.26 bits per heavy atom. The average molecular weight is 653 g/mol. The highest BCUT2D eigenvalue weighted by atomic mass is 127. The normalized spacial score (nSPS) is 31.3. The molecule has 196 valence electrons. The molecule has 9 nitrogen and oxygen atoms in total. The molecule has 2 fully saturated rings. The highest BCUT2D eigenvalue weighted by molar-refractivity contribution is 14.1. The van der Waals surface area contributed by atoms with E-state index in [4.69, 9.17) is 23.4 Å². The number of rotatable bonds is 5. The molecule has 0 amide bonds. The lowest BCUT2D eigenvalue weighted by Crippen LogP contribution is -2.64. The van der Waals surface area contributed by atoms with Crippen LogP contribution >= 0.6 is 31.8 Å². The summed E-state index contributed by atoms with van der Waals surface area (Å²) in [4.78, 5) is 19.6. The van der Waals surface area contributed by atoms with Crippen molar-refractivity contribution >= 4 is 65.9 Å². The lowest BCUT2D eigenvalue weighted by Gasteiger charge is -2.50. The zero-order chi connectivity index (χ0) is 25.9. The van der Waals surface area contributed by atoms with Crippen LogP contribution < -0.4 is 11.3 Å². The van der Waals surface area contributed by atoms with E-state index in [1.807, 2.05) is 10.8 Å². The Kier molecular flexibility index (Phi) is 7.98. The number of hydrogen-bond acceptors (Lipinski definition) is 7. The van der Waals surface area contributed by atoms with Crippen LogP contribution in [0.25, 0.3) is 11.0 Å². The van der Waals surface area contributed by atoms with Gasteiger partial charge in [-0.25, -0.2) is 0 Å². The van der Waals surface area contributed by atoms with Crippen molar-refractivity contribution < 1.29 is 17.7 Å². The average Bonchev–Trinajstić information content (AvgIpc) is 3.24. The zero-order valence-corrected chi connectivity index (χ0v) is 26.8. The molecule has 13 heteroatoms. The summed E-state index contributed by atoms with van der Waals surface area (Å²) in [6.07, 6.45) is 1.01. The number of nitrogens with zero attached hydrogens (tertiary/aromatic N) is 2. The van der Waals surface area contributed by atoms with Gasteiger partial charge in [0, 0.05) is 15.4 Å². The third-order valence-electron chi connectivity index (χ3n) is 7.44. The topological polar surface area (TPSA) is 114 Å². The summed E-state index contributed by atoms with van der Waals surface area (Å²) < 4.78 is 30.5. The lowest BCUT2D eigenvalue weighted by molar-refractivity contribution is -0.0534. The maximum atomic E-state index is 12.6. The summed E-state index contributed by atoms with van der Waals surface area (Å²) in [6, 6.07) is 0.861. The standard InChI is InChI=1S/C22H38IN4O5PSi2/c1-8-34(11(2)3)29-10-15-17(31-35(32-34,12(4)5)13(6)7)18(33)21(30-15)27-9-14(23)16-19(27)25-22(24)26-20(16)28/h9,11-13,15,17-18,21H,8,10,33H2,1-7H3,(H3,24,25,26,28)/t15-,17+,18?,21-,34?/m1/s1. The third kappa shape index (κ3) is 4.60. The monoisotopic (exact) mass is 652 g/mol. The summed E-state index contributed by atoms with van der Waals surface area (Å²) in [5, 5.41) is 0.510. The van der Waals surface area contributed by atoms with Crippen molar-refractivity contribution in [3.05, 3.63) is 20.1 Å². The van der Waals surface area contributed by atoms with Crippen LogP contribution in [0.15, 0.2) is 11.0 Å². The molecule has 6 atom stereocenters. The molecular formula is C22H38IN4O5PSi2. The highest BCUT2D eigenvalue weighted by Gasteiger charge is 2.59. The van der Waals surface area contributed by atoms with E-state index in [0.29, 0.717) is 17.6 Å². The van der Waals surface area contributed by atoms with Gasteiger partial charge in [-0.2, -0.15) is 4.98 Å². The second-order valence-corrected chi connectivity index (χ2v) is 21.0. The molecule has 35 heavy (non-hydrogen) atoms. The Morgan fingerprint density at radius 2 is 1.91 bits per heavy atom. The van der Waals surface area contributed by atoms with Crippen molar-refractivity contribution in [2.75, 3.05) is 12.3 Å². The second-order valence-electron chi connectivity index (χ2n) is 10.5. The smallest absolute Gasteiger partial charge is 0.335 e. The summed E-state index contributed by atoms with van der Waals surface area (Å²) in [6.45, 7) is 15.8. The van der Waals surface area contributed by atoms with Gasteiger partial charge in [0.2, 0.25) is 5.95 Å². The first-order chi connectivity index (χ1) is 16.4. The van der Waals surface area contributed by atoms with E-state index in [1.165, 1.54) is 0 Å². The predicted molar refractivity (Wildman–Crippen MR) is 154 cm³/mol. The zero-order valence-electron chi connectivity index (χ0n) is 21.5. The number of anilines is 1. The minimum Gasteiger partial charge on any atom is -0.414 e. The molecule has 3 N–H and O–H groups in total. The Balaban J connectivity index is 1.80. The van der Waals surface area contributed by atoms with Crippen molar-refractivity contribution in [1.82, 2.24) is 14.5 Å². The highest BCUT2D eigenvalue weighted by Crippen LogP contribution is 2.48. The molecule has 0 aromatic carbocycles. The maximum absolute atomic E-state index is 12.6. The molecule has 2 aromatic rings. The molecule has 2 saturated heterocycles. The molecule has 2 aliphatic heterocycles. The first kappa shape index (κ1) is 27.7. The predicted octanol–water partition coefficient (Wildman–Crippen LogP) is 4.62. The maximum Gasteiger partial charge on any atom is 0.335 e. The molecule has 0 bridgehead atoms. The molecule has 0 saturated carbocycles. The quantitative estimate of drug-likeness (QED) is 0.276. The number of H-pyrrole nitrogens is 1. The number of nitrogens with one attached hydrogen (secondary N) is 1. The SMILES string of the molecule is CC[Si]1(C(C)C)OC[C@H]2O[C@@H](n3cc(I)c4c(=O)[nH]c(N)nc43)C(P)[C@H]2O[Si](C(C)C)(C(C)C)O1. The number of fused-ring (bicyclic) bond motifs is 2. The van der Waals surface area contributed by atoms with E-state index in [0.717, 1.165) is 9.61 Å². The van der Waals surface area contributed by atoms with Crippen LogP contribution in [0.4, 0.5) is 5.95 Å². The van der Waals surface area contributed by atoms with Gasteiger partial charge in [0.1, 0.15) is 12.3 Å². The van der Waals surface area contributed by atoms with Crippen LogP contribution in [0.2, 0.25) is 22.7 Å². The van der Waals surface area contributed by atoms with Crippen LogP contribution in [0.1, 0.15) is 54.7 Å². The van der Waals surface area contributed by atoms with E-state index in [9.17, 15) is 4.79 Å². The molecule has 4 heterocycles. The van der Waals surface area contributed by atoms with Crippen molar-refractivity contribution in [2.24, 2.45) is 0 Å². The number of nitrogens with two attached hydrogens (primary N) is 1. The minimum absolute atomic E-state index is 0.0808. The van der Waals surface area contributed by atoms with Crippen molar-refractivity contribution in [2.45, 2.75) is 95.2 Å². The summed E-state index contributed by atoms with van der Waals surface area (Å²) in [7, 11) is -2.35. The summed E-state index contributed by atoms with van der Waals surface area (Å²) >= 11 is 2.16. The van der Waals surface area contributed by atoms with Crippen LogP contribution in [0.5, 0.6) is 0 Å². The van der Waals surface area contributed by atoms with E-state index in [2.05, 4.69) is 90.3 Å². The number of aromatic nitrogens is 3. The Hall–Kier alpha value is -0.346. The van der Waals surface area contributed by atoms with Crippen LogP contribution in [0.3, 0.4) is 0 Å². The molecule has 3 unspecified atom stereocenters. The summed E-state index contributed by atoms with van der Waals surface area (Å²) in [5.74, 6) is 0.0808. The molecular weight excluding hydrogens is 614 g/mol. The number of halogens is 1. The first-order valence-corrected chi connectivity index (χ1v) is 18.2. The van der Waals surface area contributed by atoms with Gasteiger partial charge in [-0.1, -0.05) is 48.5 Å². The van der Waals surface area contributed by atoms with Crippen molar-refractivity contribution in [3.8, 4) is 0 Å². The van der Waals surface area contributed by atoms with E-state index < -0.39 is 23.3 Å². The lowest BCUT2D eigenvalue weighted by atomic mass is 10.2. The number of nitrogen functional groups attached to an aromatic ring is 1. The Morgan fingerprint density at radius 3 is 2.49 bits per heavy atom. The summed E-state index contributed by atoms with van der Waals surface area (Å²) in [5.41, 5.74) is 6.82. The largest absolute Gasteiger partial charge is 0.414 e. The van der Waals surface area contributed by atoms with Crippen LogP contribution in [0, 0.1) is 3.57 Å². The van der Waals surface area contributed by atoms with Crippen LogP contribution in [-0.4, -0.2) is 56.1 Å². The minimum atomic E-state index is -2.72. The fraction of sp³-hybridized carbons (Fsp3) is 0.727. The number of hydrogen-bond donors (Lipinski definition) is 2. The fourth-order valence-corrected chi connectivity index (χ4v) is 17.4. The van der Waals surface area contributed by atoms with Gasteiger partial charge < -0.3 is 28.0 Å². The van der Waals surface area contributed by atoms with Gasteiger partial charge in [-0.3, -0.25) is 9.78 Å². The van der Waals surface area contributed by atoms with Crippen molar-refractivity contribution in [1.29, 1.82) is 0 Å². The molecule has 2 aromatic heterocycles. The molecule has 4 rings (SSSR count). The van der Waals surface area contributed by atoms with E-state index in [1.54, 1.807) is 0 Å². The van der Waals surface area contributed by atoms with Gasteiger partial charge in [-0.05, 0) is 45.3 Å². The van der Waals surface area contributed by atoms with E-state index in [-0.39, 0.29) is 46.0 Å². The molecule has 0 radical (unpaired) electrons. The van der Waals surface area contributed by atoms with E-state index >= 15 is 0 Å². The number of ether oxygens (including phenoxy) is 1. The Labute approximate surface area is 225 Å². The van der Waals surface area contributed by atoms with Crippen molar-refractivity contribution in [3.63, 3.8) is 0 Å². The van der Waals surface area contributed by atoms with Gasteiger partial charge >= 0.3 is 17.1 Å². The Bertz CT molecular complexity index is 1140. The van der Waals surface area contributed by atoms with Gasteiger partial charge in [0.15, 0.2) is 5.65 Å². The van der Waals surface area contributed by atoms with Crippen LogP contribution in [-0.2, 0) is 17.7 Å². The van der Waals surface area contributed by atoms with Gasteiger partial charge in [0.05, 0.1) is 18.1 Å². The number of aromatic amines is 1. The fourth-order valence-electron chi connectivity index (χ4n) is 5.42. The molecule has 0 aliphatic carbocycles. The second kappa shape index (κ2) is 10.1. The first-order valence-electron chi connectivity index (χ1n) is 12.4.